The SMILES string of the molecule is C=C1CCCC(Br)C1OC. The Morgan fingerprint density at radius 1 is 1.70 bits per heavy atom. The van der Waals surface area contributed by atoms with Crippen molar-refractivity contribution in [3.05, 3.63) is 12.2 Å². The van der Waals surface area contributed by atoms with E-state index >= 15 is 0 Å². The molecule has 1 aliphatic carbocycles. The molecule has 10 heavy (non-hydrogen) atoms. The van der Waals surface area contributed by atoms with Crippen LogP contribution >= 0.6 is 15.9 Å². The summed E-state index contributed by atoms with van der Waals surface area (Å²) < 4.78 is 5.27. The predicted octanol–water partition coefficient (Wildman–Crippen LogP) is 2.51. The number of methoxy groups -OCH3 is 1. The third-order valence-corrected chi connectivity index (χ3v) is 2.90. The molecule has 2 unspecified atom stereocenters. The first kappa shape index (κ1) is 8.28. The van der Waals surface area contributed by atoms with Gasteiger partial charge in [-0.3, -0.25) is 0 Å². The molecule has 0 aromatic rings. The van der Waals surface area contributed by atoms with Gasteiger partial charge in [0.05, 0.1) is 6.10 Å². The highest BCUT2D eigenvalue weighted by Crippen LogP contribution is 2.29. The van der Waals surface area contributed by atoms with Crippen molar-refractivity contribution in [2.45, 2.75) is 30.2 Å². The molecule has 58 valence electrons. The molecule has 1 fully saturated rings. The van der Waals surface area contributed by atoms with Crippen LogP contribution in [0.3, 0.4) is 0 Å². The summed E-state index contributed by atoms with van der Waals surface area (Å²) in [7, 11) is 1.75. The molecule has 0 aliphatic heterocycles. The molecule has 0 bridgehead atoms. The van der Waals surface area contributed by atoms with E-state index in [0.717, 1.165) is 6.42 Å². The molecule has 1 rings (SSSR count). The summed E-state index contributed by atoms with van der Waals surface area (Å²) in [6.07, 6.45) is 3.82. The Balaban J connectivity index is 2.53. The number of rotatable bonds is 1. The van der Waals surface area contributed by atoms with Crippen molar-refractivity contribution >= 4 is 15.9 Å². The Hall–Kier alpha value is 0.180. The van der Waals surface area contributed by atoms with Gasteiger partial charge in [0.25, 0.3) is 0 Å². The minimum atomic E-state index is 0.244. The third-order valence-electron chi connectivity index (χ3n) is 1.96. The van der Waals surface area contributed by atoms with Crippen LogP contribution < -0.4 is 0 Å². The third kappa shape index (κ3) is 1.61. The van der Waals surface area contributed by atoms with Gasteiger partial charge < -0.3 is 4.74 Å². The maximum absolute atomic E-state index is 5.27. The van der Waals surface area contributed by atoms with E-state index in [0.29, 0.717) is 4.83 Å². The molecular formula is C8H13BrO. The number of hydrogen-bond acceptors (Lipinski definition) is 1. The minimum absolute atomic E-state index is 0.244. The van der Waals surface area contributed by atoms with Gasteiger partial charge in [0, 0.05) is 11.9 Å². The van der Waals surface area contributed by atoms with Gasteiger partial charge in [0.15, 0.2) is 0 Å². The second-order valence-corrected chi connectivity index (χ2v) is 3.90. The molecular weight excluding hydrogens is 192 g/mol. The summed E-state index contributed by atoms with van der Waals surface area (Å²) >= 11 is 3.57. The summed E-state index contributed by atoms with van der Waals surface area (Å²) in [5.74, 6) is 0. The lowest BCUT2D eigenvalue weighted by molar-refractivity contribution is 0.117. The van der Waals surface area contributed by atoms with Crippen LogP contribution in [0, 0.1) is 0 Å². The van der Waals surface area contributed by atoms with Crippen LogP contribution in [0.1, 0.15) is 19.3 Å². The van der Waals surface area contributed by atoms with Crippen LogP contribution in [0.4, 0.5) is 0 Å². The average Bonchev–Trinajstić information content (AvgIpc) is 1.88. The molecule has 0 radical (unpaired) electrons. The Bertz CT molecular complexity index is 133. The number of alkyl halides is 1. The standard InChI is InChI=1S/C8H13BrO/c1-6-4-3-5-7(9)8(6)10-2/h7-8H,1,3-5H2,2H3. The Kier molecular flexibility index (Phi) is 2.93. The van der Waals surface area contributed by atoms with E-state index in [4.69, 9.17) is 4.74 Å². The van der Waals surface area contributed by atoms with Crippen LogP contribution in [0.25, 0.3) is 0 Å². The van der Waals surface area contributed by atoms with Crippen LogP contribution in [-0.4, -0.2) is 18.0 Å². The Morgan fingerprint density at radius 2 is 2.40 bits per heavy atom. The van der Waals surface area contributed by atoms with E-state index in [1.54, 1.807) is 7.11 Å². The van der Waals surface area contributed by atoms with Gasteiger partial charge in [-0.15, -0.1) is 0 Å². The normalized spacial score (nSPS) is 34.4. The van der Waals surface area contributed by atoms with Gasteiger partial charge in [-0.25, -0.2) is 0 Å². The first-order valence-electron chi connectivity index (χ1n) is 3.60. The predicted molar refractivity (Wildman–Crippen MR) is 46.5 cm³/mol. The van der Waals surface area contributed by atoms with Gasteiger partial charge in [0.1, 0.15) is 0 Å². The molecule has 0 heterocycles. The minimum Gasteiger partial charge on any atom is -0.376 e. The van der Waals surface area contributed by atoms with E-state index < -0.39 is 0 Å². The van der Waals surface area contributed by atoms with Gasteiger partial charge in [-0.1, -0.05) is 22.5 Å². The van der Waals surface area contributed by atoms with E-state index in [1.165, 1.54) is 18.4 Å². The lowest BCUT2D eigenvalue weighted by Gasteiger charge is -2.28. The second kappa shape index (κ2) is 3.54. The van der Waals surface area contributed by atoms with Crippen molar-refractivity contribution in [1.29, 1.82) is 0 Å². The lowest BCUT2D eigenvalue weighted by atomic mass is 9.93. The van der Waals surface area contributed by atoms with Gasteiger partial charge >= 0.3 is 0 Å². The highest BCUT2D eigenvalue weighted by molar-refractivity contribution is 9.09. The van der Waals surface area contributed by atoms with E-state index in [2.05, 4.69) is 22.5 Å². The fourth-order valence-electron chi connectivity index (χ4n) is 1.39. The molecule has 0 spiro atoms. The molecule has 2 heteroatoms. The lowest BCUT2D eigenvalue weighted by Crippen LogP contribution is -2.28. The Morgan fingerprint density at radius 3 is 2.80 bits per heavy atom. The molecule has 0 saturated heterocycles. The number of halogens is 1. The summed E-state index contributed by atoms with van der Waals surface area (Å²) in [6.45, 7) is 3.96. The van der Waals surface area contributed by atoms with Crippen molar-refractivity contribution in [1.82, 2.24) is 0 Å². The first-order chi connectivity index (χ1) is 4.75. The molecule has 0 N–H and O–H groups in total. The fourth-order valence-corrected chi connectivity index (χ4v) is 2.30. The zero-order chi connectivity index (χ0) is 7.56. The molecule has 1 nitrogen and oxygen atoms in total. The van der Waals surface area contributed by atoms with Crippen molar-refractivity contribution < 1.29 is 4.74 Å². The summed E-state index contributed by atoms with van der Waals surface area (Å²) in [4.78, 5) is 0.485. The molecule has 0 aromatic heterocycles. The van der Waals surface area contributed by atoms with E-state index in [9.17, 15) is 0 Å². The topological polar surface area (TPSA) is 9.23 Å². The summed E-state index contributed by atoms with van der Waals surface area (Å²) in [6, 6.07) is 0. The quantitative estimate of drug-likeness (QED) is 0.472. The monoisotopic (exact) mass is 204 g/mol. The largest absolute Gasteiger partial charge is 0.376 e. The molecule has 1 aliphatic rings. The second-order valence-electron chi connectivity index (χ2n) is 2.72. The van der Waals surface area contributed by atoms with Crippen molar-refractivity contribution in [2.75, 3.05) is 7.11 Å². The fraction of sp³-hybridized carbons (Fsp3) is 0.750. The van der Waals surface area contributed by atoms with Gasteiger partial charge in [0.2, 0.25) is 0 Å². The Labute approximate surface area is 70.6 Å². The maximum Gasteiger partial charge on any atom is 0.0903 e. The highest BCUT2D eigenvalue weighted by Gasteiger charge is 2.24. The van der Waals surface area contributed by atoms with Gasteiger partial charge in [-0.05, 0) is 24.8 Å². The van der Waals surface area contributed by atoms with Crippen LogP contribution in [0.2, 0.25) is 0 Å². The zero-order valence-electron chi connectivity index (χ0n) is 6.27. The molecule has 2 atom stereocenters. The molecule has 0 aromatic carbocycles. The number of hydrogen-bond donors (Lipinski definition) is 0. The zero-order valence-corrected chi connectivity index (χ0v) is 7.86. The van der Waals surface area contributed by atoms with Crippen LogP contribution in [0.15, 0.2) is 12.2 Å². The first-order valence-corrected chi connectivity index (χ1v) is 4.52. The van der Waals surface area contributed by atoms with Gasteiger partial charge in [-0.2, -0.15) is 0 Å². The van der Waals surface area contributed by atoms with E-state index in [1.807, 2.05) is 0 Å². The maximum atomic E-state index is 5.27. The smallest absolute Gasteiger partial charge is 0.0903 e. The molecule has 0 amide bonds. The van der Waals surface area contributed by atoms with E-state index in [-0.39, 0.29) is 6.10 Å². The van der Waals surface area contributed by atoms with Crippen LogP contribution in [0.5, 0.6) is 0 Å². The van der Waals surface area contributed by atoms with Crippen molar-refractivity contribution in [3.8, 4) is 0 Å². The average molecular weight is 205 g/mol. The van der Waals surface area contributed by atoms with Crippen molar-refractivity contribution in [2.24, 2.45) is 0 Å². The summed E-state index contributed by atoms with van der Waals surface area (Å²) in [5.41, 5.74) is 1.23. The highest BCUT2D eigenvalue weighted by atomic mass is 79.9. The summed E-state index contributed by atoms with van der Waals surface area (Å²) in [5, 5.41) is 0. The van der Waals surface area contributed by atoms with Crippen LogP contribution in [-0.2, 0) is 4.74 Å². The number of ether oxygens (including phenoxy) is 1. The molecule has 1 saturated carbocycles. The van der Waals surface area contributed by atoms with Crippen molar-refractivity contribution in [3.63, 3.8) is 0 Å².